The molecular formula is C7H14Cl2Ti. The van der Waals surface area contributed by atoms with Crippen LogP contribution in [-0.4, -0.2) is 0 Å². The van der Waals surface area contributed by atoms with Crippen molar-refractivity contribution in [2.45, 2.75) is 33.1 Å². The van der Waals surface area contributed by atoms with E-state index in [0.717, 1.165) is 11.8 Å². The maximum atomic E-state index is 4.89. The fourth-order valence-electron chi connectivity index (χ4n) is 1.33. The molecule has 0 radical (unpaired) electrons. The molecule has 0 aromatic carbocycles. The SMILES string of the molecule is CC1CCCC1C.[Cl][Ti][Cl]. The molecule has 2 atom stereocenters. The van der Waals surface area contributed by atoms with Crippen molar-refractivity contribution in [3.63, 3.8) is 0 Å². The summed E-state index contributed by atoms with van der Waals surface area (Å²) in [6.07, 6.45) is 4.42. The molecule has 10 heavy (non-hydrogen) atoms. The number of rotatable bonds is 0. The Balaban J connectivity index is 0.000000236. The van der Waals surface area contributed by atoms with E-state index in [1.807, 2.05) is 0 Å². The van der Waals surface area contributed by atoms with Gasteiger partial charge in [-0.05, 0) is 11.8 Å². The van der Waals surface area contributed by atoms with E-state index in [-0.39, 0.29) is 0 Å². The summed E-state index contributed by atoms with van der Waals surface area (Å²) >= 11 is -0.556. The first kappa shape index (κ1) is 11.3. The van der Waals surface area contributed by atoms with Crippen LogP contribution in [0.25, 0.3) is 0 Å². The topological polar surface area (TPSA) is 0 Å². The van der Waals surface area contributed by atoms with Crippen LogP contribution in [-0.2, 0) is 17.0 Å². The Hall–Kier alpha value is 1.29. The van der Waals surface area contributed by atoms with Crippen LogP contribution >= 0.6 is 18.6 Å². The first-order valence-electron chi connectivity index (χ1n) is 3.68. The number of hydrogen-bond acceptors (Lipinski definition) is 0. The van der Waals surface area contributed by atoms with Crippen LogP contribution in [0.2, 0.25) is 0 Å². The van der Waals surface area contributed by atoms with Crippen LogP contribution in [0.15, 0.2) is 0 Å². The van der Waals surface area contributed by atoms with E-state index in [2.05, 4.69) is 13.8 Å². The maximum absolute atomic E-state index is 4.89. The molecule has 1 aliphatic rings. The molecule has 0 saturated heterocycles. The summed E-state index contributed by atoms with van der Waals surface area (Å²) in [6, 6.07) is 0. The first-order valence-corrected chi connectivity index (χ1v) is 7.98. The quantitative estimate of drug-likeness (QED) is 0.541. The predicted molar refractivity (Wildman–Crippen MR) is 43.9 cm³/mol. The molecule has 1 fully saturated rings. The molecule has 0 bridgehead atoms. The third-order valence-electron chi connectivity index (χ3n) is 2.29. The van der Waals surface area contributed by atoms with Crippen molar-refractivity contribution < 1.29 is 17.0 Å². The summed E-state index contributed by atoms with van der Waals surface area (Å²) in [7, 11) is 9.78. The second kappa shape index (κ2) is 6.97. The van der Waals surface area contributed by atoms with Crippen molar-refractivity contribution in [3.8, 4) is 0 Å². The normalized spacial score (nSPS) is 30.8. The van der Waals surface area contributed by atoms with Crippen molar-refractivity contribution in [1.29, 1.82) is 0 Å². The van der Waals surface area contributed by atoms with E-state index in [1.54, 1.807) is 0 Å². The Labute approximate surface area is 80.3 Å². The molecule has 1 rings (SSSR count). The molecule has 0 aliphatic heterocycles. The van der Waals surface area contributed by atoms with Crippen LogP contribution in [0.5, 0.6) is 0 Å². The summed E-state index contributed by atoms with van der Waals surface area (Å²) in [5.74, 6) is 2.03. The summed E-state index contributed by atoms with van der Waals surface area (Å²) in [5, 5.41) is 0. The van der Waals surface area contributed by atoms with Crippen LogP contribution in [0.3, 0.4) is 0 Å². The summed E-state index contributed by atoms with van der Waals surface area (Å²) < 4.78 is 0. The fraction of sp³-hybridized carbons (Fsp3) is 1.00. The van der Waals surface area contributed by atoms with Gasteiger partial charge in [0.2, 0.25) is 0 Å². The molecule has 0 N–H and O–H groups in total. The van der Waals surface area contributed by atoms with Crippen LogP contribution in [0.1, 0.15) is 33.1 Å². The molecule has 0 spiro atoms. The van der Waals surface area contributed by atoms with E-state index in [0.29, 0.717) is 0 Å². The Bertz CT molecular complexity index is 70.0. The van der Waals surface area contributed by atoms with Gasteiger partial charge in [-0.1, -0.05) is 33.1 Å². The van der Waals surface area contributed by atoms with Gasteiger partial charge >= 0.3 is 35.6 Å². The predicted octanol–water partition coefficient (Wildman–Crippen LogP) is 3.82. The molecule has 0 aromatic heterocycles. The molecular weight excluding hydrogens is 203 g/mol. The Morgan fingerprint density at radius 1 is 1.10 bits per heavy atom. The molecule has 0 heterocycles. The molecule has 0 aromatic rings. The zero-order valence-electron chi connectivity index (χ0n) is 6.53. The van der Waals surface area contributed by atoms with Gasteiger partial charge in [0.25, 0.3) is 0 Å². The second-order valence-electron chi connectivity index (χ2n) is 2.96. The van der Waals surface area contributed by atoms with E-state index in [1.165, 1.54) is 19.3 Å². The zero-order valence-corrected chi connectivity index (χ0v) is 9.61. The van der Waals surface area contributed by atoms with Gasteiger partial charge in [0.05, 0.1) is 0 Å². The van der Waals surface area contributed by atoms with Gasteiger partial charge in [-0.15, -0.1) is 0 Å². The Morgan fingerprint density at radius 3 is 1.50 bits per heavy atom. The van der Waals surface area contributed by atoms with E-state index < -0.39 is 17.0 Å². The van der Waals surface area contributed by atoms with Gasteiger partial charge < -0.3 is 0 Å². The Morgan fingerprint density at radius 2 is 1.40 bits per heavy atom. The summed E-state index contributed by atoms with van der Waals surface area (Å²) in [4.78, 5) is 0. The molecule has 1 saturated carbocycles. The van der Waals surface area contributed by atoms with Crippen molar-refractivity contribution in [2.75, 3.05) is 0 Å². The molecule has 3 heteroatoms. The number of halogens is 2. The van der Waals surface area contributed by atoms with Crippen molar-refractivity contribution >= 4 is 18.6 Å². The summed E-state index contributed by atoms with van der Waals surface area (Å²) in [6.45, 7) is 4.72. The van der Waals surface area contributed by atoms with Gasteiger partial charge in [0.15, 0.2) is 0 Å². The van der Waals surface area contributed by atoms with Gasteiger partial charge in [0.1, 0.15) is 0 Å². The molecule has 1 aliphatic carbocycles. The van der Waals surface area contributed by atoms with Crippen molar-refractivity contribution in [2.24, 2.45) is 11.8 Å². The molecule has 2 unspecified atom stereocenters. The average Bonchev–Trinajstić information content (AvgIpc) is 2.19. The van der Waals surface area contributed by atoms with E-state index >= 15 is 0 Å². The molecule has 60 valence electrons. The first-order chi connectivity index (χ1) is 4.72. The second-order valence-corrected chi connectivity index (χ2v) is 5.54. The minimum absolute atomic E-state index is 0.556. The van der Waals surface area contributed by atoms with Crippen LogP contribution in [0, 0.1) is 11.8 Å². The van der Waals surface area contributed by atoms with Crippen LogP contribution < -0.4 is 0 Å². The molecule has 0 amide bonds. The van der Waals surface area contributed by atoms with Gasteiger partial charge in [0, 0.05) is 0 Å². The standard InChI is InChI=1S/C7H14.2ClH.Ti/c1-6-4-3-5-7(6)2;;;/h6-7H,3-5H2,1-2H3;2*1H;/q;;;+2/p-2. The van der Waals surface area contributed by atoms with E-state index in [4.69, 9.17) is 18.6 Å². The van der Waals surface area contributed by atoms with Crippen molar-refractivity contribution in [3.05, 3.63) is 0 Å². The van der Waals surface area contributed by atoms with Gasteiger partial charge in [-0.25, -0.2) is 0 Å². The Kier molecular flexibility index (Phi) is 7.87. The van der Waals surface area contributed by atoms with Crippen LogP contribution in [0.4, 0.5) is 0 Å². The third kappa shape index (κ3) is 5.01. The molecule has 0 nitrogen and oxygen atoms in total. The zero-order chi connectivity index (χ0) is 7.98. The summed E-state index contributed by atoms with van der Waals surface area (Å²) in [5.41, 5.74) is 0. The van der Waals surface area contributed by atoms with Gasteiger partial charge in [-0.3, -0.25) is 0 Å². The third-order valence-corrected chi connectivity index (χ3v) is 2.29. The fourth-order valence-corrected chi connectivity index (χ4v) is 1.33. The minimum atomic E-state index is -0.556. The monoisotopic (exact) mass is 216 g/mol. The number of hydrogen-bond donors (Lipinski definition) is 0. The van der Waals surface area contributed by atoms with Gasteiger partial charge in [-0.2, -0.15) is 0 Å². The van der Waals surface area contributed by atoms with Crippen molar-refractivity contribution in [1.82, 2.24) is 0 Å². The van der Waals surface area contributed by atoms with E-state index in [9.17, 15) is 0 Å². The average molecular weight is 217 g/mol.